The number of rotatable bonds is 1. The van der Waals surface area contributed by atoms with E-state index in [2.05, 4.69) is 34.8 Å². The quantitative estimate of drug-likeness (QED) is 0.635. The van der Waals surface area contributed by atoms with E-state index >= 15 is 0 Å². The van der Waals surface area contributed by atoms with Crippen LogP contribution in [0.25, 0.3) is 0 Å². The first-order valence-electron chi connectivity index (χ1n) is 3.20. The molecule has 0 aliphatic rings. The van der Waals surface area contributed by atoms with Crippen molar-refractivity contribution in [1.29, 1.82) is 0 Å². The minimum Gasteiger partial charge on any atom is -0.265 e. The number of nitrogens with zero attached hydrogens (tertiary/aromatic N) is 1. The highest BCUT2D eigenvalue weighted by molar-refractivity contribution is 9.09. The second-order valence-corrected chi connectivity index (χ2v) is 4.69. The van der Waals surface area contributed by atoms with Crippen molar-refractivity contribution in [2.75, 3.05) is 0 Å². The predicted molar refractivity (Wildman–Crippen MR) is 46.2 cm³/mol. The topological polar surface area (TPSA) is 12.9 Å². The molecule has 0 N–H and O–H groups in total. The summed E-state index contributed by atoms with van der Waals surface area (Å²) in [6, 6.07) is 4.02. The van der Waals surface area contributed by atoms with Gasteiger partial charge in [-0.25, -0.2) is 0 Å². The Balaban J connectivity index is 2.97. The van der Waals surface area contributed by atoms with Gasteiger partial charge in [0.2, 0.25) is 0 Å². The second-order valence-electron chi connectivity index (χ2n) is 2.71. The fourth-order valence-corrected chi connectivity index (χ4v) is 1.01. The van der Waals surface area contributed by atoms with E-state index in [1.165, 1.54) is 5.56 Å². The van der Waals surface area contributed by atoms with Gasteiger partial charge in [-0.1, -0.05) is 15.9 Å². The van der Waals surface area contributed by atoms with Crippen LogP contribution in [0, 0.1) is 0 Å². The number of alkyl halides is 1. The van der Waals surface area contributed by atoms with E-state index in [0.717, 1.165) is 0 Å². The van der Waals surface area contributed by atoms with Crippen LogP contribution in [0.4, 0.5) is 0 Å². The van der Waals surface area contributed by atoms with Gasteiger partial charge in [0, 0.05) is 16.7 Å². The summed E-state index contributed by atoms with van der Waals surface area (Å²) < 4.78 is 0.0654. The van der Waals surface area contributed by atoms with Crippen LogP contribution in [-0.2, 0) is 4.32 Å². The van der Waals surface area contributed by atoms with Crippen LogP contribution in [0.1, 0.15) is 19.4 Å². The summed E-state index contributed by atoms with van der Waals surface area (Å²) in [6.07, 6.45) is 3.61. The van der Waals surface area contributed by atoms with Gasteiger partial charge in [-0.15, -0.1) is 0 Å². The number of hydrogen-bond acceptors (Lipinski definition) is 1. The number of hydrogen-bond donors (Lipinski definition) is 0. The van der Waals surface area contributed by atoms with Gasteiger partial charge in [-0.2, -0.15) is 0 Å². The summed E-state index contributed by atoms with van der Waals surface area (Å²) in [7, 11) is 0. The fraction of sp³-hybridized carbons (Fsp3) is 0.375. The maximum absolute atomic E-state index is 3.94. The van der Waals surface area contributed by atoms with E-state index in [1.807, 2.05) is 12.1 Å². The lowest BCUT2D eigenvalue weighted by molar-refractivity contribution is 0.800. The zero-order valence-corrected chi connectivity index (χ0v) is 7.72. The van der Waals surface area contributed by atoms with Gasteiger partial charge in [-0.05, 0) is 31.5 Å². The van der Waals surface area contributed by atoms with Crippen LogP contribution >= 0.6 is 15.9 Å². The van der Waals surface area contributed by atoms with Crippen molar-refractivity contribution in [3.63, 3.8) is 0 Å². The molecule has 54 valence electrons. The van der Waals surface area contributed by atoms with Crippen LogP contribution in [0.5, 0.6) is 0 Å². The van der Waals surface area contributed by atoms with Gasteiger partial charge in [0.1, 0.15) is 0 Å². The molecule has 0 bridgehead atoms. The SMILES string of the molecule is CC(C)(Br)c1ccncc1. The average Bonchev–Trinajstić information content (AvgIpc) is 1.88. The Morgan fingerprint density at radius 3 is 2.10 bits per heavy atom. The lowest BCUT2D eigenvalue weighted by atomic mass is 10.1. The summed E-state index contributed by atoms with van der Waals surface area (Å²) >= 11 is 3.56. The molecule has 0 unspecified atom stereocenters. The molecule has 1 aromatic rings. The molecule has 1 nitrogen and oxygen atoms in total. The molecule has 0 amide bonds. The summed E-state index contributed by atoms with van der Waals surface area (Å²) in [5.74, 6) is 0. The third kappa shape index (κ3) is 1.81. The van der Waals surface area contributed by atoms with Gasteiger partial charge in [0.15, 0.2) is 0 Å². The largest absolute Gasteiger partial charge is 0.265 e. The summed E-state index contributed by atoms with van der Waals surface area (Å²) in [5, 5.41) is 0. The average molecular weight is 200 g/mol. The van der Waals surface area contributed by atoms with E-state index in [9.17, 15) is 0 Å². The molecule has 0 radical (unpaired) electrons. The van der Waals surface area contributed by atoms with Crippen molar-refractivity contribution < 1.29 is 0 Å². The third-order valence-electron chi connectivity index (χ3n) is 1.37. The highest BCUT2D eigenvalue weighted by Gasteiger charge is 2.14. The third-order valence-corrected chi connectivity index (χ3v) is 1.82. The van der Waals surface area contributed by atoms with E-state index in [0.29, 0.717) is 0 Å². The van der Waals surface area contributed by atoms with Crippen LogP contribution in [0.2, 0.25) is 0 Å². The Kier molecular flexibility index (Phi) is 2.09. The molecule has 0 atom stereocenters. The van der Waals surface area contributed by atoms with Crippen LogP contribution in [0.3, 0.4) is 0 Å². The standard InChI is InChI=1S/C8H10BrN/c1-8(2,9)7-3-5-10-6-4-7/h3-6H,1-2H3. The first-order chi connectivity index (χ1) is 4.61. The fourth-order valence-electron chi connectivity index (χ4n) is 0.748. The summed E-state index contributed by atoms with van der Waals surface area (Å²) in [5.41, 5.74) is 1.25. The minimum atomic E-state index is 0.0654. The van der Waals surface area contributed by atoms with Gasteiger partial charge < -0.3 is 0 Å². The molecule has 0 spiro atoms. The lowest BCUT2D eigenvalue weighted by Crippen LogP contribution is -2.05. The van der Waals surface area contributed by atoms with Gasteiger partial charge in [0.25, 0.3) is 0 Å². The van der Waals surface area contributed by atoms with Crippen LogP contribution in [-0.4, -0.2) is 4.98 Å². The van der Waals surface area contributed by atoms with Crippen LogP contribution in [0.15, 0.2) is 24.5 Å². The Labute approximate surface area is 69.6 Å². The molecule has 1 heterocycles. The van der Waals surface area contributed by atoms with Crippen molar-refractivity contribution >= 4 is 15.9 Å². The molecule has 1 rings (SSSR count). The van der Waals surface area contributed by atoms with E-state index in [1.54, 1.807) is 12.4 Å². The zero-order valence-electron chi connectivity index (χ0n) is 6.13. The van der Waals surface area contributed by atoms with Crippen molar-refractivity contribution in [2.45, 2.75) is 18.2 Å². The Morgan fingerprint density at radius 2 is 1.80 bits per heavy atom. The molecule has 0 aliphatic carbocycles. The lowest BCUT2D eigenvalue weighted by Gasteiger charge is -2.15. The maximum atomic E-state index is 3.94. The van der Waals surface area contributed by atoms with Crippen molar-refractivity contribution in [3.8, 4) is 0 Å². The van der Waals surface area contributed by atoms with Gasteiger partial charge in [-0.3, -0.25) is 4.98 Å². The molecular formula is C8H10BrN. The second kappa shape index (κ2) is 2.70. The normalized spacial score (nSPS) is 11.5. The molecule has 0 aromatic carbocycles. The molecular weight excluding hydrogens is 190 g/mol. The molecule has 0 saturated heterocycles. The van der Waals surface area contributed by atoms with Crippen LogP contribution < -0.4 is 0 Å². The smallest absolute Gasteiger partial charge is 0.0450 e. The molecule has 1 aromatic heterocycles. The van der Waals surface area contributed by atoms with Crippen molar-refractivity contribution in [1.82, 2.24) is 4.98 Å². The van der Waals surface area contributed by atoms with Crippen molar-refractivity contribution in [2.24, 2.45) is 0 Å². The van der Waals surface area contributed by atoms with E-state index in [-0.39, 0.29) is 4.32 Å². The predicted octanol–water partition coefficient (Wildman–Crippen LogP) is 2.71. The molecule has 0 aliphatic heterocycles. The Bertz CT molecular complexity index is 200. The highest BCUT2D eigenvalue weighted by atomic mass is 79.9. The summed E-state index contributed by atoms with van der Waals surface area (Å²) in [6.45, 7) is 4.23. The molecule has 2 heteroatoms. The first kappa shape index (κ1) is 7.73. The number of aromatic nitrogens is 1. The molecule has 10 heavy (non-hydrogen) atoms. The van der Waals surface area contributed by atoms with E-state index < -0.39 is 0 Å². The molecule has 0 fully saturated rings. The highest BCUT2D eigenvalue weighted by Crippen LogP contribution is 2.28. The minimum absolute atomic E-state index is 0.0654. The van der Waals surface area contributed by atoms with Gasteiger partial charge in [0.05, 0.1) is 0 Å². The molecule has 0 saturated carbocycles. The van der Waals surface area contributed by atoms with E-state index in [4.69, 9.17) is 0 Å². The monoisotopic (exact) mass is 199 g/mol. The van der Waals surface area contributed by atoms with Crippen molar-refractivity contribution in [3.05, 3.63) is 30.1 Å². The Morgan fingerprint density at radius 1 is 1.30 bits per heavy atom. The van der Waals surface area contributed by atoms with Gasteiger partial charge >= 0.3 is 0 Å². The summed E-state index contributed by atoms with van der Waals surface area (Å²) in [4.78, 5) is 3.94. The first-order valence-corrected chi connectivity index (χ1v) is 3.99. The number of pyridine rings is 1. The number of halogens is 1. The Hall–Kier alpha value is -0.370. The maximum Gasteiger partial charge on any atom is 0.0450 e. The zero-order chi connectivity index (χ0) is 7.61.